The monoisotopic (exact) mass is 468 g/mol. The number of carbonyl (C=O) groups is 2. The topological polar surface area (TPSA) is 67.8 Å². The van der Waals surface area contributed by atoms with Gasteiger partial charge in [0.15, 0.2) is 0 Å². The second-order valence-electron chi connectivity index (χ2n) is 6.41. The van der Waals surface area contributed by atoms with Crippen molar-refractivity contribution in [2.24, 2.45) is 5.10 Å². The van der Waals surface area contributed by atoms with E-state index in [2.05, 4.69) is 10.5 Å². The number of rotatable bonds is 5. The maximum Gasteiger partial charge on any atom is 0.355 e. The Bertz CT molecular complexity index is 1300. The number of fused-ring (bicyclic) bond motifs is 1. The van der Waals surface area contributed by atoms with Crippen LogP contribution in [0.5, 0.6) is 5.75 Å². The van der Waals surface area contributed by atoms with Crippen molar-refractivity contribution < 1.29 is 14.3 Å². The van der Waals surface area contributed by atoms with Crippen molar-refractivity contribution in [2.75, 3.05) is 0 Å². The predicted molar refractivity (Wildman–Crippen MR) is 125 cm³/mol. The first kappa shape index (κ1) is 21.1. The van der Waals surface area contributed by atoms with E-state index in [9.17, 15) is 9.59 Å². The Morgan fingerprint density at radius 1 is 0.968 bits per heavy atom. The maximum absolute atomic E-state index is 12.6. The average molecular weight is 469 g/mol. The van der Waals surface area contributed by atoms with Gasteiger partial charge in [-0.2, -0.15) is 5.10 Å². The lowest BCUT2D eigenvalue weighted by Gasteiger charge is -2.04. The molecule has 0 atom stereocenters. The summed E-state index contributed by atoms with van der Waals surface area (Å²) in [5.41, 5.74) is 3.52. The molecule has 1 N–H and O–H groups in total. The summed E-state index contributed by atoms with van der Waals surface area (Å²) in [5.74, 6) is -0.558. The Hall–Kier alpha value is -3.19. The van der Waals surface area contributed by atoms with Crippen molar-refractivity contribution >= 4 is 62.7 Å². The van der Waals surface area contributed by atoms with Crippen LogP contribution in [0.2, 0.25) is 10.0 Å². The van der Waals surface area contributed by atoms with E-state index in [0.717, 1.165) is 10.1 Å². The molecule has 31 heavy (non-hydrogen) atoms. The van der Waals surface area contributed by atoms with Crippen molar-refractivity contribution in [2.45, 2.75) is 0 Å². The number of thiophene rings is 1. The van der Waals surface area contributed by atoms with Gasteiger partial charge in [-0.25, -0.2) is 10.2 Å². The summed E-state index contributed by atoms with van der Waals surface area (Å²) in [6.07, 6.45) is 1.46. The first-order valence-electron chi connectivity index (χ1n) is 9.09. The van der Waals surface area contributed by atoms with Crippen molar-refractivity contribution in [1.82, 2.24) is 5.43 Å². The number of hydrazone groups is 1. The second kappa shape index (κ2) is 9.31. The Morgan fingerprint density at radius 3 is 2.52 bits per heavy atom. The number of benzene rings is 3. The molecule has 0 unspecified atom stereocenters. The van der Waals surface area contributed by atoms with Gasteiger partial charge >= 0.3 is 5.97 Å². The lowest BCUT2D eigenvalue weighted by Crippen LogP contribution is -2.17. The van der Waals surface area contributed by atoms with Crippen molar-refractivity contribution in [3.05, 3.63) is 98.8 Å². The fraction of sp³-hybridized carbons (Fsp3) is 0. The summed E-state index contributed by atoms with van der Waals surface area (Å²) in [4.78, 5) is 25.0. The molecule has 0 radical (unpaired) electrons. The number of nitrogens with one attached hydrogen (secondary N) is 1. The van der Waals surface area contributed by atoms with Crippen molar-refractivity contribution in [1.29, 1.82) is 0 Å². The van der Waals surface area contributed by atoms with Crippen LogP contribution in [0.25, 0.3) is 10.1 Å². The molecule has 3 aromatic carbocycles. The average Bonchev–Trinajstić information content (AvgIpc) is 3.11. The van der Waals surface area contributed by atoms with Gasteiger partial charge in [0, 0.05) is 20.7 Å². The molecule has 5 nitrogen and oxygen atoms in total. The summed E-state index contributed by atoms with van der Waals surface area (Å²) >= 11 is 13.4. The van der Waals surface area contributed by atoms with Gasteiger partial charge in [0.25, 0.3) is 5.91 Å². The fourth-order valence-corrected chi connectivity index (χ4v) is 4.30. The fourth-order valence-electron chi connectivity index (χ4n) is 2.79. The minimum atomic E-state index is -0.531. The van der Waals surface area contributed by atoms with E-state index >= 15 is 0 Å². The highest BCUT2D eigenvalue weighted by molar-refractivity contribution is 7.21. The van der Waals surface area contributed by atoms with Crippen LogP contribution >= 0.6 is 34.5 Å². The lowest BCUT2D eigenvalue weighted by molar-refractivity contribution is 0.0740. The predicted octanol–water partition coefficient (Wildman–Crippen LogP) is 6.19. The van der Waals surface area contributed by atoms with E-state index in [-0.39, 0.29) is 5.91 Å². The number of hydrogen-bond acceptors (Lipinski definition) is 5. The number of hydrogen-bond donors (Lipinski definition) is 1. The number of esters is 1. The molecule has 0 saturated heterocycles. The van der Waals surface area contributed by atoms with Crippen LogP contribution in [0, 0.1) is 0 Å². The largest absolute Gasteiger partial charge is 0.422 e. The smallest absolute Gasteiger partial charge is 0.355 e. The molecule has 8 heteroatoms. The van der Waals surface area contributed by atoms with Gasteiger partial charge < -0.3 is 4.74 Å². The molecular formula is C23H14Cl2N2O3S. The molecule has 4 aromatic rings. The number of ether oxygens (including phenoxy) is 1. The van der Waals surface area contributed by atoms with Crippen molar-refractivity contribution in [3.8, 4) is 5.75 Å². The standard InChI is InChI=1S/C23H14Cl2N2O3S/c24-16-10-8-15(9-11-16)22(28)27-26-13-14-4-3-5-17(12-14)30-23(29)21-20(25)18-6-1-2-7-19(18)31-21/h1-13H,(H,27,28)/b26-13-. The third-order valence-electron chi connectivity index (χ3n) is 4.28. The van der Waals surface area contributed by atoms with Gasteiger partial charge in [-0.15, -0.1) is 11.3 Å². The molecule has 4 rings (SSSR count). The van der Waals surface area contributed by atoms with Crippen LogP contribution in [-0.2, 0) is 0 Å². The normalized spacial score (nSPS) is 11.0. The van der Waals surface area contributed by atoms with E-state index in [1.54, 1.807) is 48.5 Å². The molecule has 1 amide bonds. The summed E-state index contributed by atoms with van der Waals surface area (Å²) in [6.45, 7) is 0. The second-order valence-corrected chi connectivity index (χ2v) is 8.28. The van der Waals surface area contributed by atoms with E-state index in [0.29, 0.717) is 31.8 Å². The zero-order valence-electron chi connectivity index (χ0n) is 15.8. The molecule has 0 aliphatic rings. The summed E-state index contributed by atoms with van der Waals surface area (Å²) in [7, 11) is 0. The Balaban J connectivity index is 1.43. The minimum absolute atomic E-state index is 0.339. The third-order valence-corrected chi connectivity index (χ3v) is 6.18. The zero-order chi connectivity index (χ0) is 21.8. The summed E-state index contributed by atoms with van der Waals surface area (Å²) in [6, 6.07) is 20.8. The SMILES string of the molecule is O=C(N/N=C\c1cccc(OC(=O)c2sc3ccccc3c2Cl)c1)c1ccc(Cl)cc1. The zero-order valence-corrected chi connectivity index (χ0v) is 18.2. The van der Waals surface area contributed by atoms with E-state index in [4.69, 9.17) is 27.9 Å². The number of nitrogens with zero attached hydrogens (tertiary/aromatic N) is 1. The molecule has 0 spiro atoms. The molecule has 0 aliphatic heterocycles. The van der Waals surface area contributed by atoms with E-state index in [1.807, 2.05) is 24.3 Å². The molecule has 0 bridgehead atoms. The van der Waals surface area contributed by atoms with E-state index in [1.165, 1.54) is 17.6 Å². The Kier molecular flexibility index (Phi) is 6.32. The summed E-state index contributed by atoms with van der Waals surface area (Å²) in [5, 5.41) is 5.69. The molecule has 154 valence electrons. The minimum Gasteiger partial charge on any atom is -0.422 e. The first-order valence-corrected chi connectivity index (χ1v) is 10.7. The Morgan fingerprint density at radius 2 is 1.74 bits per heavy atom. The highest BCUT2D eigenvalue weighted by Gasteiger charge is 2.19. The molecule has 1 heterocycles. The van der Waals surface area contributed by atoms with Gasteiger partial charge in [-0.3, -0.25) is 4.79 Å². The van der Waals surface area contributed by atoms with Crippen LogP contribution < -0.4 is 10.2 Å². The molecule has 0 fully saturated rings. The highest BCUT2D eigenvalue weighted by Crippen LogP contribution is 2.35. The first-order chi connectivity index (χ1) is 15.0. The van der Waals surface area contributed by atoms with E-state index < -0.39 is 5.97 Å². The lowest BCUT2D eigenvalue weighted by atomic mass is 10.2. The van der Waals surface area contributed by atoms with Gasteiger partial charge in [0.2, 0.25) is 0 Å². The van der Waals surface area contributed by atoms with Crippen LogP contribution in [0.15, 0.2) is 77.9 Å². The van der Waals surface area contributed by atoms with Gasteiger partial charge in [0.1, 0.15) is 10.6 Å². The number of carbonyl (C=O) groups excluding carboxylic acids is 2. The van der Waals surface area contributed by atoms with Gasteiger partial charge in [0.05, 0.1) is 11.2 Å². The maximum atomic E-state index is 12.6. The third kappa shape index (κ3) is 4.94. The van der Waals surface area contributed by atoms with Gasteiger partial charge in [-0.1, -0.05) is 53.5 Å². The molecule has 1 aromatic heterocycles. The van der Waals surface area contributed by atoms with Crippen LogP contribution in [0.1, 0.15) is 25.6 Å². The summed E-state index contributed by atoms with van der Waals surface area (Å²) < 4.78 is 6.40. The highest BCUT2D eigenvalue weighted by atomic mass is 35.5. The van der Waals surface area contributed by atoms with Crippen molar-refractivity contribution in [3.63, 3.8) is 0 Å². The molecule has 0 aliphatic carbocycles. The van der Waals surface area contributed by atoms with Gasteiger partial charge in [-0.05, 0) is 48.0 Å². The Labute approximate surface area is 191 Å². The van der Waals surface area contributed by atoms with Crippen LogP contribution in [-0.4, -0.2) is 18.1 Å². The van der Waals surface area contributed by atoms with Crippen LogP contribution in [0.3, 0.4) is 0 Å². The molecular weight excluding hydrogens is 455 g/mol. The molecule has 0 saturated carbocycles. The number of amides is 1. The number of halogens is 2. The van der Waals surface area contributed by atoms with Crippen LogP contribution in [0.4, 0.5) is 0 Å². The quantitative estimate of drug-likeness (QED) is 0.164.